The van der Waals surface area contributed by atoms with E-state index in [1.807, 2.05) is 36.4 Å². The zero-order chi connectivity index (χ0) is 23.7. The van der Waals surface area contributed by atoms with Crippen LogP contribution in [0.4, 0.5) is 5.69 Å². The molecule has 0 saturated carbocycles. The van der Waals surface area contributed by atoms with Crippen LogP contribution in [0, 0.1) is 21.4 Å². The summed E-state index contributed by atoms with van der Waals surface area (Å²) in [5.74, 6) is -1.15. The summed E-state index contributed by atoms with van der Waals surface area (Å²) in [4.78, 5) is 36.5. The van der Waals surface area contributed by atoms with Crippen molar-refractivity contribution in [2.75, 3.05) is 7.05 Å². The maximum atomic E-state index is 12.8. The third-order valence-corrected chi connectivity index (χ3v) is 5.36. The van der Waals surface area contributed by atoms with Gasteiger partial charge in [0, 0.05) is 42.1 Å². The number of aromatic nitrogens is 2. The number of nitro benzene ring substituents is 1. The minimum absolute atomic E-state index is 0.0400. The zero-order valence-corrected chi connectivity index (χ0v) is 17.7. The molecule has 0 fully saturated rings. The van der Waals surface area contributed by atoms with Gasteiger partial charge in [0.25, 0.3) is 17.5 Å². The zero-order valence-electron chi connectivity index (χ0n) is 17.7. The Morgan fingerprint density at radius 2 is 1.73 bits per heavy atom. The lowest BCUT2D eigenvalue weighted by molar-refractivity contribution is -0.384. The molecule has 4 rings (SSSR count). The molecular formula is C24H17N5O4. The Labute approximate surface area is 188 Å². The third-order valence-electron chi connectivity index (χ3n) is 5.36. The highest BCUT2D eigenvalue weighted by Crippen LogP contribution is 2.30. The lowest BCUT2D eigenvalue weighted by Crippen LogP contribution is -2.39. The van der Waals surface area contributed by atoms with Crippen molar-refractivity contribution in [1.82, 2.24) is 14.7 Å². The first-order valence-corrected chi connectivity index (χ1v) is 9.87. The van der Waals surface area contributed by atoms with Crippen LogP contribution in [0.5, 0.6) is 0 Å². The van der Waals surface area contributed by atoms with Crippen molar-refractivity contribution in [1.29, 1.82) is 5.26 Å². The number of non-ortho nitro benzene ring substituents is 1. The van der Waals surface area contributed by atoms with Gasteiger partial charge < -0.3 is 0 Å². The number of nitrogens with zero attached hydrogens (tertiary/aromatic N) is 5. The second-order valence-corrected chi connectivity index (χ2v) is 7.36. The molecule has 9 heteroatoms. The molecular weight excluding hydrogens is 422 g/mol. The van der Waals surface area contributed by atoms with E-state index >= 15 is 0 Å². The summed E-state index contributed by atoms with van der Waals surface area (Å²) in [6.45, 7) is 1.57. The van der Waals surface area contributed by atoms with E-state index in [0.29, 0.717) is 22.5 Å². The second-order valence-electron chi connectivity index (χ2n) is 7.36. The smallest absolute Gasteiger partial charge is 0.271 e. The van der Waals surface area contributed by atoms with Crippen LogP contribution in [0.25, 0.3) is 23.0 Å². The lowest BCUT2D eigenvalue weighted by Gasteiger charge is -2.23. The van der Waals surface area contributed by atoms with Gasteiger partial charge in [-0.1, -0.05) is 30.3 Å². The molecule has 162 valence electrons. The molecule has 2 heterocycles. The Kier molecular flexibility index (Phi) is 5.42. The third kappa shape index (κ3) is 3.81. The first kappa shape index (κ1) is 21.4. The predicted octanol–water partition coefficient (Wildman–Crippen LogP) is 3.67. The van der Waals surface area contributed by atoms with E-state index in [9.17, 15) is 25.0 Å². The van der Waals surface area contributed by atoms with Crippen molar-refractivity contribution in [3.05, 3.63) is 93.2 Å². The van der Waals surface area contributed by atoms with Crippen LogP contribution in [0.3, 0.4) is 0 Å². The van der Waals surface area contributed by atoms with Gasteiger partial charge in [-0.15, -0.1) is 0 Å². The fourth-order valence-corrected chi connectivity index (χ4v) is 3.53. The molecule has 9 nitrogen and oxygen atoms in total. The monoisotopic (exact) mass is 439 g/mol. The Balaban J connectivity index is 1.90. The van der Waals surface area contributed by atoms with Gasteiger partial charge in [0.2, 0.25) is 0 Å². The number of likely N-dealkylation sites (N-methyl/N-ethyl adjacent to an activating group) is 1. The molecule has 0 bridgehead atoms. The van der Waals surface area contributed by atoms with E-state index in [4.69, 9.17) is 0 Å². The quantitative estimate of drug-likeness (QED) is 0.265. The molecule has 0 aliphatic carbocycles. The fourth-order valence-electron chi connectivity index (χ4n) is 3.53. The van der Waals surface area contributed by atoms with Gasteiger partial charge in [-0.2, -0.15) is 10.4 Å². The molecule has 0 atom stereocenters. The molecule has 33 heavy (non-hydrogen) atoms. The summed E-state index contributed by atoms with van der Waals surface area (Å²) in [7, 11) is 1.33. The number of carbonyl (C=O) groups is 2. The van der Waals surface area contributed by atoms with E-state index in [2.05, 4.69) is 5.10 Å². The Hall–Kier alpha value is -4.84. The summed E-state index contributed by atoms with van der Waals surface area (Å²) < 4.78 is 1.56. The van der Waals surface area contributed by atoms with Crippen molar-refractivity contribution in [3.8, 4) is 23.0 Å². The number of nitro groups is 1. The van der Waals surface area contributed by atoms with E-state index in [0.717, 1.165) is 10.5 Å². The van der Waals surface area contributed by atoms with E-state index in [1.54, 1.807) is 36.0 Å². The van der Waals surface area contributed by atoms with Crippen LogP contribution in [-0.4, -0.2) is 38.5 Å². The molecule has 1 aliphatic rings. The Morgan fingerprint density at radius 1 is 1.06 bits per heavy atom. The molecule has 1 aromatic heterocycles. The molecule has 0 unspecified atom stereocenters. The highest BCUT2D eigenvalue weighted by Gasteiger charge is 2.33. The van der Waals surface area contributed by atoms with Crippen LogP contribution in [-0.2, 0) is 9.59 Å². The molecule has 2 aromatic carbocycles. The van der Waals surface area contributed by atoms with Gasteiger partial charge in [0.15, 0.2) is 0 Å². The molecule has 3 aromatic rings. The summed E-state index contributed by atoms with van der Waals surface area (Å²) in [6.07, 6.45) is 3.30. The fraction of sp³-hybridized carbons (Fsp3) is 0.0833. The van der Waals surface area contributed by atoms with Crippen LogP contribution in [0.2, 0.25) is 0 Å². The summed E-state index contributed by atoms with van der Waals surface area (Å²) in [6, 6.07) is 17.1. The molecule has 0 radical (unpaired) electrons. The normalized spacial score (nSPS) is 15.2. The highest BCUT2D eigenvalue weighted by molar-refractivity contribution is 6.19. The summed E-state index contributed by atoms with van der Waals surface area (Å²) in [5, 5.41) is 25.0. The molecule has 0 N–H and O–H groups in total. The first-order chi connectivity index (χ1) is 15.8. The number of hydrogen-bond donors (Lipinski definition) is 0. The summed E-state index contributed by atoms with van der Waals surface area (Å²) in [5.41, 5.74) is 2.92. The first-order valence-electron chi connectivity index (χ1n) is 9.87. The lowest BCUT2D eigenvalue weighted by atomic mass is 9.93. The second kappa shape index (κ2) is 8.36. The predicted molar refractivity (Wildman–Crippen MR) is 120 cm³/mol. The number of benzene rings is 2. The van der Waals surface area contributed by atoms with E-state index < -0.39 is 16.7 Å². The van der Waals surface area contributed by atoms with Crippen LogP contribution in [0.1, 0.15) is 12.5 Å². The SMILES string of the molecule is CC1=C(C#N)C(=O)N(C)C(=O)/C1=C/c1cn(-c2ccc([N+](=O)[O-])cc2)nc1-c1ccccc1. The van der Waals surface area contributed by atoms with Crippen LogP contribution in [0.15, 0.2) is 77.5 Å². The Bertz CT molecular complexity index is 1390. The molecule has 1 aliphatic heterocycles. The van der Waals surface area contributed by atoms with Gasteiger partial charge in [-0.05, 0) is 30.7 Å². The van der Waals surface area contributed by atoms with Gasteiger partial charge in [-0.25, -0.2) is 4.68 Å². The topological polar surface area (TPSA) is 122 Å². The molecule has 2 amide bonds. The van der Waals surface area contributed by atoms with Crippen molar-refractivity contribution >= 4 is 23.6 Å². The summed E-state index contributed by atoms with van der Waals surface area (Å²) >= 11 is 0. The van der Waals surface area contributed by atoms with Crippen molar-refractivity contribution < 1.29 is 14.5 Å². The maximum Gasteiger partial charge on any atom is 0.271 e. The van der Waals surface area contributed by atoms with Gasteiger partial charge in [-0.3, -0.25) is 24.6 Å². The maximum absolute atomic E-state index is 12.8. The average Bonchev–Trinajstić information content (AvgIpc) is 3.25. The molecule has 0 saturated heterocycles. The van der Waals surface area contributed by atoms with Crippen LogP contribution < -0.4 is 0 Å². The van der Waals surface area contributed by atoms with Crippen LogP contribution >= 0.6 is 0 Å². The number of amides is 2. The standard InChI is InChI=1S/C24H17N5O4/c1-15-20(23(30)27(2)24(31)21(15)13-25)12-17-14-28(18-8-10-19(11-9-18)29(32)33)26-22(17)16-6-4-3-5-7-16/h3-12,14H,1-2H3/b20-12+. The largest absolute Gasteiger partial charge is 0.277 e. The highest BCUT2D eigenvalue weighted by atomic mass is 16.6. The number of imide groups is 1. The minimum Gasteiger partial charge on any atom is -0.277 e. The number of carbonyl (C=O) groups excluding carboxylic acids is 2. The van der Waals surface area contributed by atoms with E-state index in [1.165, 1.54) is 19.2 Å². The minimum atomic E-state index is -0.637. The van der Waals surface area contributed by atoms with Crippen molar-refractivity contribution in [2.24, 2.45) is 0 Å². The number of rotatable bonds is 4. The number of nitriles is 1. The van der Waals surface area contributed by atoms with Gasteiger partial charge in [0.1, 0.15) is 11.6 Å². The molecule has 0 spiro atoms. The van der Waals surface area contributed by atoms with E-state index in [-0.39, 0.29) is 16.8 Å². The number of hydrogen-bond acceptors (Lipinski definition) is 6. The van der Waals surface area contributed by atoms with Crippen molar-refractivity contribution in [3.63, 3.8) is 0 Å². The Morgan fingerprint density at radius 3 is 2.33 bits per heavy atom. The average molecular weight is 439 g/mol. The van der Waals surface area contributed by atoms with Crippen molar-refractivity contribution in [2.45, 2.75) is 6.92 Å². The van der Waals surface area contributed by atoms with Gasteiger partial charge in [0.05, 0.1) is 16.3 Å². The van der Waals surface area contributed by atoms with Gasteiger partial charge >= 0.3 is 0 Å².